The van der Waals surface area contributed by atoms with Crippen molar-refractivity contribution in [3.05, 3.63) is 22.4 Å². The minimum absolute atomic E-state index is 0.00565. The van der Waals surface area contributed by atoms with Gasteiger partial charge >= 0.3 is 0 Å². The van der Waals surface area contributed by atoms with E-state index in [4.69, 9.17) is 4.74 Å². The second-order valence-electron chi connectivity index (χ2n) is 2.58. The van der Waals surface area contributed by atoms with Gasteiger partial charge in [-0.3, -0.25) is 4.79 Å². The van der Waals surface area contributed by atoms with Crippen LogP contribution in [0.4, 0.5) is 0 Å². The Morgan fingerprint density at radius 3 is 3.15 bits per heavy atom. The first-order valence-corrected chi connectivity index (χ1v) is 5.03. The van der Waals surface area contributed by atoms with E-state index in [0.717, 1.165) is 11.3 Å². The lowest BCUT2D eigenvalue weighted by molar-refractivity contribution is 0.0952. The van der Waals surface area contributed by atoms with Crippen LogP contribution in [0, 0.1) is 0 Å². The van der Waals surface area contributed by atoms with Gasteiger partial charge in [-0.15, -0.1) is 11.3 Å². The van der Waals surface area contributed by atoms with Crippen LogP contribution >= 0.6 is 11.3 Å². The van der Waals surface area contributed by atoms with Gasteiger partial charge in [-0.05, 0) is 17.9 Å². The molecule has 1 rings (SSSR count). The molecule has 0 fully saturated rings. The summed E-state index contributed by atoms with van der Waals surface area (Å²) >= 11 is 1.45. The Morgan fingerprint density at radius 2 is 2.54 bits per heavy atom. The molecule has 0 atom stereocenters. The number of thiophene rings is 1. The average Bonchev–Trinajstić information content (AvgIpc) is 2.65. The summed E-state index contributed by atoms with van der Waals surface area (Å²) in [6.45, 7) is 1.36. The summed E-state index contributed by atoms with van der Waals surface area (Å²) in [6.07, 6.45) is 0.855. The van der Waals surface area contributed by atoms with Gasteiger partial charge in [-0.25, -0.2) is 0 Å². The number of nitrogens with one attached hydrogen (secondary N) is 1. The number of carbonyl (C=O) groups is 1. The highest BCUT2D eigenvalue weighted by molar-refractivity contribution is 7.12. The second kappa shape index (κ2) is 5.72. The first kappa shape index (κ1) is 10.2. The minimum Gasteiger partial charge on any atom is -0.385 e. The molecule has 72 valence electrons. The van der Waals surface area contributed by atoms with Crippen LogP contribution in [0.1, 0.15) is 16.1 Å². The largest absolute Gasteiger partial charge is 0.385 e. The van der Waals surface area contributed by atoms with E-state index in [9.17, 15) is 4.79 Å². The van der Waals surface area contributed by atoms with E-state index < -0.39 is 0 Å². The normalized spacial score (nSPS) is 9.92. The van der Waals surface area contributed by atoms with Crippen LogP contribution in [0.15, 0.2) is 17.5 Å². The number of amides is 1. The van der Waals surface area contributed by atoms with Crippen molar-refractivity contribution in [2.45, 2.75) is 6.42 Å². The van der Waals surface area contributed by atoms with Gasteiger partial charge in [-0.2, -0.15) is 0 Å². The zero-order valence-corrected chi connectivity index (χ0v) is 8.39. The van der Waals surface area contributed by atoms with E-state index in [0.29, 0.717) is 13.2 Å². The number of carbonyl (C=O) groups excluding carboxylic acids is 1. The van der Waals surface area contributed by atoms with Crippen LogP contribution in [-0.2, 0) is 4.74 Å². The van der Waals surface area contributed by atoms with Crippen molar-refractivity contribution in [2.75, 3.05) is 20.3 Å². The van der Waals surface area contributed by atoms with Gasteiger partial charge in [-0.1, -0.05) is 6.07 Å². The van der Waals surface area contributed by atoms with Gasteiger partial charge in [0.2, 0.25) is 0 Å². The molecule has 4 heteroatoms. The molecule has 0 radical (unpaired) electrons. The molecule has 1 N–H and O–H groups in total. The Hall–Kier alpha value is -0.870. The van der Waals surface area contributed by atoms with Crippen LogP contribution < -0.4 is 5.32 Å². The maximum absolute atomic E-state index is 11.3. The first-order valence-electron chi connectivity index (χ1n) is 4.15. The van der Waals surface area contributed by atoms with E-state index in [2.05, 4.69) is 5.32 Å². The minimum atomic E-state index is 0.00565. The van der Waals surface area contributed by atoms with Crippen molar-refractivity contribution in [3.63, 3.8) is 0 Å². The molecular weight excluding hydrogens is 186 g/mol. The molecule has 0 aliphatic rings. The van der Waals surface area contributed by atoms with Crippen LogP contribution in [0.2, 0.25) is 0 Å². The Kier molecular flexibility index (Phi) is 4.49. The molecule has 1 amide bonds. The van der Waals surface area contributed by atoms with Crippen molar-refractivity contribution >= 4 is 17.2 Å². The fourth-order valence-electron chi connectivity index (χ4n) is 0.913. The monoisotopic (exact) mass is 199 g/mol. The second-order valence-corrected chi connectivity index (χ2v) is 3.53. The number of ether oxygens (including phenoxy) is 1. The fraction of sp³-hybridized carbons (Fsp3) is 0.444. The third kappa shape index (κ3) is 3.57. The number of rotatable bonds is 5. The van der Waals surface area contributed by atoms with E-state index in [1.54, 1.807) is 7.11 Å². The summed E-state index contributed by atoms with van der Waals surface area (Å²) in [4.78, 5) is 12.1. The Bertz CT molecular complexity index is 246. The standard InChI is InChI=1S/C9H13NO2S/c1-12-6-3-5-10-9(11)8-4-2-7-13-8/h2,4,7H,3,5-6H2,1H3,(H,10,11). The van der Waals surface area contributed by atoms with Crippen molar-refractivity contribution in [2.24, 2.45) is 0 Å². The maximum Gasteiger partial charge on any atom is 0.261 e. The molecule has 0 aromatic carbocycles. The van der Waals surface area contributed by atoms with E-state index in [1.165, 1.54) is 11.3 Å². The van der Waals surface area contributed by atoms with Gasteiger partial charge in [0.15, 0.2) is 0 Å². The van der Waals surface area contributed by atoms with Crippen molar-refractivity contribution in [1.29, 1.82) is 0 Å². The van der Waals surface area contributed by atoms with Crippen LogP contribution in [0.25, 0.3) is 0 Å². The number of hydrogen-bond donors (Lipinski definition) is 1. The fourth-order valence-corrected chi connectivity index (χ4v) is 1.55. The van der Waals surface area contributed by atoms with Gasteiger partial charge < -0.3 is 10.1 Å². The average molecular weight is 199 g/mol. The van der Waals surface area contributed by atoms with Crippen molar-refractivity contribution in [3.8, 4) is 0 Å². The van der Waals surface area contributed by atoms with Crippen LogP contribution in [-0.4, -0.2) is 26.2 Å². The van der Waals surface area contributed by atoms with Gasteiger partial charge in [0.05, 0.1) is 4.88 Å². The SMILES string of the molecule is COCCCNC(=O)c1cccs1. The highest BCUT2D eigenvalue weighted by Gasteiger charge is 2.03. The number of methoxy groups -OCH3 is 1. The molecule has 1 aromatic rings. The predicted octanol–water partition coefficient (Wildman–Crippen LogP) is 1.51. The third-order valence-electron chi connectivity index (χ3n) is 1.56. The molecule has 0 aliphatic carbocycles. The summed E-state index contributed by atoms with van der Waals surface area (Å²) in [6, 6.07) is 3.69. The quantitative estimate of drug-likeness (QED) is 0.730. The Balaban J connectivity index is 2.19. The lowest BCUT2D eigenvalue weighted by Crippen LogP contribution is -2.24. The van der Waals surface area contributed by atoms with Gasteiger partial charge in [0.1, 0.15) is 0 Å². The highest BCUT2D eigenvalue weighted by atomic mass is 32.1. The van der Waals surface area contributed by atoms with E-state index >= 15 is 0 Å². The summed E-state index contributed by atoms with van der Waals surface area (Å²) in [5.41, 5.74) is 0. The Morgan fingerprint density at radius 1 is 1.69 bits per heavy atom. The molecule has 0 spiro atoms. The van der Waals surface area contributed by atoms with Gasteiger partial charge in [0.25, 0.3) is 5.91 Å². The smallest absolute Gasteiger partial charge is 0.261 e. The van der Waals surface area contributed by atoms with Crippen molar-refractivity contribution in [1.82, 2.24) is 5.32 Å². The zero-order chi connectivity index (χ0) is 9.52. The molecule has 13 heavy (non-hydrogen) atoms. The van der Waals surface area contributed by atoms with E-state index in [-0.39, 0.29) is 5.91 Å². The molecule has 0 aliphatic heterocycles. The maximum atomic E-state index is 11.3. The molecular formula is C9H13NO2S. The molecule has 1 heterocycles. The lowest BCUT2D eigenvalue weighted by Gasteiger charge is -2.01. The molecule has 0 saturated heterocycles. The van der Waals surface area contributed by atoms with Crippen molar-refractivity contribution < 1.29 is 9.53 Å². The molecule has 3 nitrogen and oxygen atoms in total. The summed E-state index contributed by atoms with van der Waals surface area (Å²) in [5.74, 6) is 0.00565. The molecule has 0 unspecified atom stereocenters. The molecule has 0 saturated carbocycles. The van der Waals surface area contributed by atoms with Crippen LogP contribution in [0.5, 0.6) is 0 Å². The first-order chi connectivity index (χ1) is 6.34. The Labute approximate surface area is 81.7 Å². The molecule has 1 aromatic heterocycles. The third-order valence-corrected chi connectivity index (χ3v) is 2.42. The number of hydrogen-bond acceptors (Lipinski definition) is 3. The topological polar surface area (TPSA) is 38.3 Å². The lowest BCUT2D eigenvalue weighted by atomic mass is 10.4. The summed E-state index contributed by atoms with van der Waals surface area (Å²) in [5, 5.41) is 4.70. The van der Waals surface area contributed by atoms with E-state index in [1.807, 2.05) is 17.5 Å². The summed E-state index contributed by atoms with van der Waals surface area (Å²) in [7, 11) is 1.65. The van der Waals surface area contributed by atoms with Crippen LogP contribution in [0.3, 0.4) is 0 Å². The molecule has 0 bridgehead atoms. The summed E-state index contributed by atoms with van der Waals surface area (Å²) < 4.78 is 4.87. The van der Waals surface area contributed by atoms with Gasteiger partial charge in [0, 0.05) is 20.3 Å². The predicted molar refractivity (Wildman–Crippen MR) is 53.1 cm³/mol. The zero-order valence-electron chi connectivity index (χ0n) is 7.58. The highest BCUT2D eigenvalue weighted by Crippen LogP contribution is 2.07.